The number of hydrogen-bond acceptors (Lipinski definition) is 4. The van der Waals surface area contributed by atoms with Crippen molar-refractivity contribution < 1.29 is 24.2 Å². The van der Waals surface area contributed by atoms with E-state index >= 15 is 0 Å². The Hall–Kier alpha value is -2.15. The van der Waals surface area contributed by atoms with Gasteiger partial charge >= 0.3 is 12.0 Å². The Morgan fingerprint density at radius 3 is 2.79 bits per heavy atom. The molecule has 2 amide bonds. The molecule has 1 fully saturated rings. The van der Waals surface area contributed by atoms with Crippen LogP contribution in [0.4, 0.5) is 4.79 Å². The molecule has 2 rings (SSSR count). The number of rotatable bonds is 6. The van der Waals surface area contributed by atoms with Gasteiger partial charge in [0.1, 0.15) is 0 Å². The molecule has 0 saturated carbocycles. The summed E-state index contributed by atoms with van der Waals surface area (Å²) in [6.07, 6.45) is 0.478. The normalized spacial score (nSPS) is 16.8. The fourth-order valence-electron chi connectivity index (χ4n) is 2.60. The zero-order valence-electron chi connectivity index (χ0n) is 13.7. The van der Waals surface area contributed by atoms with Gasteiger partial charge in [0.2, 0.25) is 0 Å². The van der Waals surface area contributed by atoms with E-state index < -0.39 is 11.9 Å². The molecule has 0 aliphatic carbocycles. The summed E-state index contributed by atoms with van der Waals surface area (Å²) in [5.41, 5.74) is 0.766. The molecule has 132 valence electrons. The van der Waals surface area contributed by atoms with Gasteiger partial charge in [-0.3, -0.25) is 4.79 Å². The number of carboxylic acid groups (broad SMARTS) is 1. The van der Waals surface area contributed by atoms with Crippen molar-refractivity contribution in [2.45, 2.75) is 19.9 Å². The summed E-state index contributed by atoms with van der Waals surface area (Å²) in [7, 11) is 1.52. The van der Waals surface area contributed by atoms with Crippen LogP contribution in [0.1, 0.15) is 18.9 Å². The van der Waals surface area contributed by atoms with E-state index in [1.165, 1.54) is 12.0 Å². The van der Waals surface area contributed by atoms with Crippen molar-refractivity contribution in [3.8, 4) is 11.5 Å². The van der Waals surface area contributed by atoms with Crippen LogP contribution < -0.4 is 14.8 Å². The van der Waals surface area contributed by atoms with Crippen LogP contribution in [0, 0.1) is 5.92 Å². The van der Waals surface area contributed by atoms with Crippen LogP contribution in [0.25, 0.3) is 0 Å². The number of halogens is 1. The van der Waals surface area contributed by atoms with E-state index in [1.54, 1.807) is 12.1 Å². The van der Waals surface area contributed by atoms with E-state index in [-0.39, 0.29) is 19.1 Å². The second-order valence-electron chi connectivity index (χ2n) is 5.47. The molecule has 1 heterocycles. The molecule has 0 bridgehead atoms. The number of benzene rings is 1. The summed E-state index contributed by atoms with van der Waals surface area (Å²) in [5.74, 6) is -0.384. The molecule has 24 heavy (non-hydrogen) atoms. The third-order valence-corrected chi connectivity index (χ3v) is 4.13. The molecule has 1 aromatic rings. The van der Waals surface area contributed by atoms with Gasteiger partial charge in [0.25, 0.3) is 0 Å². The quantitative estimate of drug-likeness (QED) is 0.817. The second kappa shape index (κ2) is 8.10. The first kappa shape index (κ1) is 18.2. The minimum Gasteiger partial charge on any atom is -0.493 e. The summed E-state index contributed by atoms with van der Waals surface area (Å²) < 4.78 is 10.7. The molecule has 1 aliphatic heterocycles. The van der Waals surface area contributed by atoms with Crippen molar-refractivity contribution in [1.82, 2.24) is 10.2 Å². The average molecular weight is 357 g/mol. The molecule has 0 spiro atoms. The van der Waals surface area contributed by atoms with E-state index in [1.807, 2.05) is 6.92 Å². The number of nitrogens with one attached hydrogen (secondary N) is 1. The number of likely N-dealkylation sites (tertiary alicyclic amines) is 1. The number of carbonyl (C=O) groups is 2. The van der Waals surface area contributed by atoms with Crippen LogP contribution >= 0.6 is 11.6 Å². The highest BCUT2D eigenvalue weighted by molar-refractivity contribution is 6.32. The maximum Gasteiger partial charge on any atom is 0.317 e. The number of aliphatic carboxylic acids is 1. The van der Waals surface area contributed by atoms with Crippen LogP contribution in [0.2, 0.25) is 5.02 Å². The number of carbonyl (C=O) groups excluding carboxylic acids is 1. The number of methoxy groups -OCH3 is 1. The minimum absolute atomic E-state index is 0.231. The smallest absolute Gasteiger partial charge is 0.317 e. The Bertz CT molecular complexity index is 623. The fraction of sp³-hybridized carbons (Fsp3) is 0.500. The highest BCUT2D eigenvalue weighted by Gasteiger charge is 2.30. The Labute approximate surface area is 145 Å². The van der Waals surface area contributed by atoms with Crippen molar-refractivity contribution in [2.75, 3.05) is 26.8 Å². The van der Waals surface area contributed by atoms with Gasteiger partial charge in [0.05, 0.1) is 24.7 Å². The lowest BCUT2D eigenvalue weighted by molar-refractivity contribution is -0.141. The molecule has 0 aromatic heterocycles. The molecule has 0 radical (unpaired) electrons. The van der Waals surface area contributed by atoms with Gasteiger partial charge in [-0.15, -0.1) is 0 Å². The standard InChI is InChI=1S/C16H21ClN2O5/c1-3-24-14-12(17)6-10(7-13(14)23-2)8-18-16(22)19-5-4-11(9-19)15(20)21/h6-7,11H,3-5,8-9H2,1-2H3,(H,18,22)(H,20,21). The lowest BCUT2D eigenvalue weighted by Gasteiger charge is -2.17. The van der Waals surface area contributed by atoms with Gasteiger partial charge in [-0.1, -0.05) is 11.6 Å². The molecule has 1 saturated heterocycles. The highest BCUT2D eigenvalue weighted by atomic mass is 35.5. The summed E-state index contributed by atoms with van der Waals surface area (Å²) >= 11 is 6.20. The SMILES string of the molecule is CCOc1c(Cl)cc(CNC(=O)N2CCC(C(=O)O)C2)cc1OC. The van der Waals surface area contributed by atoms with Crippen molar-refractivity contribution in [3.05, 3.63) is 22.7 Å². The summed E-state index contributed by atoms with van der Waals surface area (Å²) in [4.78, 5) is 24.6. The maximum atomic E-state index is 12.1. The van der Waals surface area contributed by atoms with Crippen molar-refractivity contribution in [1.29, 1.82) is 0 Å². The van der Waals surface area contributed by atoms with Gasteiger partial charge in [-0.05, 0) is 31.0 Å². The first-order chi connectivity index (χ1) is 11.5. The highest BCUT2D eigenvalue weighted by Crippen LogP contribution is 2.36. The van der Waals surface area contributed by atoms with E-state index in [2.05, 4.69) is 5.32 Å². The largest absolute Gasteiger partial charge is 0.493 e. The molecule has 7 nitrogen and oxygen atoms in total. The first-order valence-electron chi connectivity index (χ1n) is 7.71. The number of hydrogen-bond donors (Lipinski definition) is 2. The number of amides is 2. The monoisotopic (exact) mass is 356 g/mol. The van der Waals surface area contributed by atoms with Crippen LogP contribution in [0.5, 0.6) is 11.5 Å². The Morgan fingerprint density at radius 2 is 2.21 bits per heavy atom. The van der Waals surface area contributed by atoms with Crippen LogP contribution in [-0.2, 0) is 11.3 Å². The Balaban J connectivity index is 1.98. The Kier molecular flexibility index (Phi) is 6.14. The van der Waals surface area contributed by atoms with E-state index in [0.717, 1.165) is 5.56 Å². The predicted octanol–water partition coefficient (Wildman–Crippen LogP) is 2.36. The first-order valence-corrected chi connectivity index (χ1v) is 8.08. The van der Waals surface area contributed by atoms with Gasteiger partial charge in [-0.25, -0.2) is 4.79 Å². The third kappa shape index (κ3) is 4.23. The number of carboxylic acids is 1. The average Bonchev–Trinajstić information content (AvgIpc) is 3.05. The predicted molar refractivity (Wildman–Crippen MR) is 88.7 cm³/mol. The van der Waals surface area contributed by atoms with Crippen molar-refractivity contribution >= 4 is 23.6 Å². The summed E-state index contributed by atoms with van der Waals surface area (Å²) in [6.45, 7) is 3.25. The molecular weight excluding hydrogens is 336 g/mol. The lowest BCUT2D eigenvalue weighted by Crippen LogP contribution is -2.38. The molecule has 1 aliphatic rings. The van der Waals surface area contributed by atoms with Crippen molar-refractivity contribution in [3.63, 3.8) is 0 Å². The molecule has 1 atom stereocenters. The number of ether oxygens (including phenoxy) is 2. The zero-order chi connectivity index (χ0) is 17.7. The Morgan fingerprint density at radius 1 is 1.46 bits per heavy atom. The van der Waals surface area contributed by atoms with E-state index in [0.29, 0.717) is 36.1 Å². The molecule has 8 heteroatoms. The lowest BCUT2D eigenvalue weighted by atomic mass is 10.1. The second-order valence-corrected chi connectivity index (χ2v) is 5.88. The fourth-order valence-corrected chi connectivity index (χ4v) is 2.88. The third-order valence-electron chi connectivity index (χ3n) is 3.85. The van der Waals surface area contributed by atoms with Gasteiger partial charge < -0.3 is 24.8 Å². The summed E-state index contributed by atoms with van der Waals surface area (Å²) in [5, 5.41) is 12.2. The zero-order valence-corrected chi connectivity index (χ0v) is 14.4. The number of nitrogens with zero attached hydrogens (tertiary/aromatic N) is 1. The molecular formula is C16H21ClN2O5. The van der Waals surface area contributed by atoms with Crippen LogP contribution in [0.3, 0.4) is 0 Å². The molecule has 2 N–H and O–H groups in total. The van der Waals surface area contributed by atoms with Crippen LogP contribution in [-0.4, -0.2) is 48.8 Å². The maximum absolute atomic E-state index is 12.1. The van der Waals surface area contributed by atoms with E-state index in [9.17, 15) is 9.59 Å². The molecule has 1 unspecified atom stereocenters. The van der Waals surface area contributed by atoms with Gasteiger partial charge in [0, 0.05) is 19.6 Å². The minimum atomic E-state index is -0.867. The summed E-state index contributed by atoms with van der Waals surface area (Å²) in [6, 6.07) is 3.17. The number of urea groups is 1. The van der Waals surface area contributed by atoms with E-state index in [4.69, 9.17) is 26.2 Å². The van der Waals surface area contributed by atoms with Gasteiger partial charge in [0.15, 0.2) is 11.5 Å². The molecule has 1 aromatic carbocycles. The van der Waals surface area contributed by atoms with Gasteiger partial charge in [-0.2, -0.15) is 0 Å². The van der Waals surface area contributed by atoms with Crippen LogP contribution in [0.15, 0.2) is 12.1 Å². The topological polar surface area (TPSA) is 88.1 Å². The van der Waals surface area contributed by atoms with Crippen molar-refractivity contribution in [2.24, 2.45) is 5.92 Å².